The number of halogens is 1. The summed E-state index contributed by atoms with van der Waals surface area (Å²) in [4.78, 5) is 0. The average molecular weight is 239 g/mol. The van der Waals surface area contributed by atoms with Gasteiger partial charge in [0.05, 0.1) is 0 Å². The number of benzene rings is 1. The van der Waals surface area contributed by atoms with Gasteiger partial charge in [-0.2, -0.15) is 0 Å². The highest BCUT2D eigenvalue weighted by Gasteiger charge is 2.06. The molecule has 0 radical (unpaired) electrons. The summed E-state index contributed by atoms with van der Waals surface area (Å²) in [5.41, 5.74) is 3.40. The predicted molar refractivity (Wildman–Crippen MR) is 69.4 cm³/mol. The molecule has 0 unspecified atom stereocenters. The zero-order valence-electron chi connectivity index (χ0n) is 11.0. The molecule has 1 N–H and O–H groups in total. The van der Waals surface area contributed by atoms with Crippen molar-refractivity contribution in [2.45, 2.75) is 33.7 Å². The Bertz CT molecular complexity index is 329. The van der Waals surface area contributed by atoms with Crippen molar-refractivity contribution in [1.29, 1.82) is 0 Å². The third kappa shape index (κ3) is 4.35. The third-order valence-electron chi connectivity index (χ3n) is 2.60. The van der Waals surface area contributed by atoms with Gasteiger partial charge in [0, 0.05) is 6.54 Å². The lowest BCUT2D eigenvalue weighted by Gasteiger charge is -2.13. The Labute approximate surface area is 103 Å². The van der Waals surface area contributed by atoms with E-state index in [9.17, 15) is 4.39 Å². The van der Waals surface area contributed by atoms with Gasteiger partial charge in [0.25, 0.3) is 0 Å². The lowest BCUT2D eigenvalue weighted by Crippen LogP contribution is -2.14. The van der Waals surface area contributed by atoms with Gasteiger partial charge in [0.1, 0.15) is 19.0 Å². The smallest absolute Gasteiger partial charge is 0.125 e. The van der Waals surface area contributed by atoms with E-state index >= 15 is 0 Å². The number of alkyl halides is 1. The Hall–Kier alpha value is -1.09. The van der Waals surface area contributed by atoms with E-state index in [-0.39, 0.29) is 6.61 Å². The number of nitrogens with one attached hydrogen (secondary N) is 1. The molecule has 0 amide bonds. The van der Waals surface area contributed by atoms with Gasteiger partial charge >= 0.3 is 0 Å². The van der Waals surface area contributed by atoms with Crippen molar-refractivity contribution in [3.05, 3.63) is 28.8 Å². The van der Waals surface area contributed by atoms with Crippen LogP contribution in [0.4, 0.5) is 4.39 Å². The van der Waals surface area contributed by atoms with Crippen LogP contribution in [0.3, 0.4) is 0 Å². The molecular weight excluding hydrogens is 217 g/mol. The van der Waals surface area contributed by atoms with E-state index < -0.39 is 6.67 Å². The van der Waals surface area contributed by atoms with Crippen LogP contribution in [-0.4, -0.2) is 19.8 Å². The largest absolute Gasteiger partial charge is 0.490 e. The monoisotopic (exact) mass is 239 g/mol. The van der Waals surface area contributed by atoms with Crippen LogP contribution >= 0.6 is 0 Å². The van der Waals surface area contributed by atoms with Crippen LogP contribution in [0.2, 0.25) is 0 Å². The van der Waals surface area contributed by atoms with Crippen molar-refractivity contribution in [1.82, 2.24) is 5.32 Å². The zero-order chi connectivity index (χ0) is 12.7. The topological polar surface area (TPSA) is 21.3 Å². The molecule has 0 aliphatic rings. The maximum Gasteiger partial charge on any atom is 0.125 e. The Kier molecular flexibility index (Phi) is 5.98. The highest BCUT2D eigenvalue weighted by molar-refractivity contribution is 5.43. The van der Waals surface area contributed by atoms with Crippen LogP contribution in [0.5, 0.6) is 5.75 Å². The molecule has 0 spiro atoms. The summed E-state index contributed by atoms with van der Waals surface area (Å²) >= 11 is 0. The summed E-state index contributed by atoms with van der Waals surface area (Å²) in [6.45, 7) is 7.75. The van der Waals surface area contributed by atoms with Crippen LogP contribution in [0, 0.1) is 13.8 Å². The first-order valence-corrected chi connectivity index (χ1v) is 6.18. The fraction of sp³-hybridized carbons (Fsp3) is 0.571. The first-order chi connectivity index (χ1) is 8.19. The quantitative estimate of drug-likeness (QED) is 0.738. The summed E-state index contributed by atoms with van der Waals surface area (Å²) in [6.07, 6.45) is 1.13. The van der Waals surface area contributed by atoms with Gasteiger partial charge in [-0.05, 0) is 43.5 Å². The highest BCUT2D eigenvalue weighted by Crippen LogP contribution is 2.24. The van der Waals surface area contributed by atoms with Crippen molar-refractivity contribution in [2.75, 3.05) is 19.8 Å². The second-order valence-electron chi connectivity index (χ2n) is 4.27. The molecule has 1 aromatic carbocycles. The summed E-state index contributed by atoms with van der Waals surface area (Å²) in [5, 5.41) is 3.37. The molecule has 0 saturated heterocycles. The number of rotatable bonds is 7. The maximum atomic E-state index is 12.1. The lowest BCUT2D eigenvalue weighted by atomic mass is 10.1. The number of hydrogen-bond donors (Lipinski definition) is 1. The SMILES string of the molecule is CCCNCc1cc(C)c(OCCF)c(C)c1. The van der Waals surface area contributed by atoms with Gasteiger partial charge < -0.3 is 10.1 Å². The standard InChI is InChI=1S/C14H22FNO/c1-4-6-16-10-13-8-11(2)14(12(3)9-13)17-7-5-15/h8-9,16H,4-7,10H2,1-3H3. The summed E-state index contributed by atoms with van der Waals surface area (Å²) < 4.78 is 17.5. The fourth-order valence-corrected chi connectivity index (χ4v) is 1.92. The summed E-state index contributed by atoms with van der Waals surface area (Å²) in [7, 11) is 0. The molecule has 0 bridgehead atoms. The molecule has 96 valence electrons. The van der Waals surface area contributed by atoms with Crippen LogP contribution in [0.25, 0.3) is 0 Å². The molecule has 0 fully saturated rings. The summed E-state index contributed by atoms with van der Waals surface area (Å²) in [6, 6.07) is 4.20. The van der Waals surface area contributed by atoms with E-state index in [1.165, 1.54) is 5.56 Å². The van der Waals surface area contributed by atoms with Crippen molar-refractivity contribution < 1.29 is 9.13 Å². The number of hydrogen-bond acceptors (Lipinski definition) is 2. The van der Waals surface area contributed by atoms with Crippen LogP contribution in [0.1, 0.15) is 30.0 Å². The van der Waals surface area contributed by atoms with Gasteiger partial charge in [0.2, 0.25) is 0 Å². The Morgan fingerprint density at radius 2 is 1.88 bits per heavy atom. The molecular formula is C14H22FNO. The van der Waals surface area contributed by atoms with Gasteiger partial charge in [-0.15, -0.1) is 0 Å². The van der Waals surface area contributed by atoms with Gasteiger partial charge in [-0.25, -0.2) is 4.39 Å². The predicted octanol–water partition coefficient (Wildman–Crippen LogP) is 3.15. The minimum absolute atomic E-state index is 0.134. The molecule has 3 heteroatoms. The lowest BCUT2D eigenvalue weighted by molar-refractivity contribution is 0.270. The minimum Gasteiger partial charge on any atom is -0.490 e. The van der Waals surface area contributed by atoms with Crippen molar-refractivity contribution in [3.8, 4) is 5.75 Å². The molecule has 1 rings (SSSR count). The van der Waals surface area contributed by atoms with Crippen molar-refractivity contribution in [3.63, 3.8) is 0 Å². The van der Waals surface area contributed by atoms with Crippen LogP contribution in [0.15, 0.2) is 12.1 Å². The number of aryl methyl sites for hydroxylation is 2. The van der Waals surface area contributed by atoms with Gasteiger partial charge in [0.15, 0.2) is 0 Å². The van der Waals surface area contributed by atoms with Crippen molar-refractivity contribution >= 4 is 0 Å². The highest BCUT2D eigenvalue weighted by atomic mass is 19.1. The number of ether oxygens (including phenoxy) is 1. The molecule has 0 atom stereocenters. The van der Waals surface area contributed by atoms with Crippen LogP contribution < -0.4 is 10.1 Å². The van der Waals surface area contributed by atoms with E-state index in [0.717, 1.165) is 36.4 Å². The molecule has 0 aliphatic heterocycles. The fourth-order valence-electron chi connectivity index (χ4n) is 1.92. The first-order valence-electron chi connectivity index (χ1n) is 6.18. The van der Waals surface area contributed by atoms with E-state index in [4.69, 9.17) is 4.74 Å². The third-order valence-corrected chi connectivity index (χ3v) is 2.60. The van der Waals surface area contributed by atoms with E-state index in [1.54, 1.807) is 0 Å². The Morgan fingerprint density at radius 3 is 2.41 bits per heavy atom. The van der Waals surface area contributed by atoms with Gasteiger partial charge in [-0.1, -0.05) is 19.1 Å². The van der Waals surface area contributed by atoms with Gasteiger partial charge in [-0.3, -0.25) is 0 Å². The average Bonchev–Trinajstić information content (AvgIpc) is 2.28. The molecule has 0 aliphatic carbocycles. The normalized spacial score (nSPS) is 10.6. The summed E-state index contributed by atoms with van der Waals surface area (Å²) in [5.74, 6) is 0.821. The molecule has 1 aromatic rings. The second-order valence-corrected chi connectivity index (χ2v) is 4.27. The maximum absolute atomic E-state index is 12.1. The molecule has 0 heterocycles. The van der Waals surface area contributed by atoms with Crippen LogP contribution in [-0.2, 0) is 6.54 Å². The van der Waals surface area contributed by atoms with E-state index in [1.807, 2.05) is 13.8 Å². The molecule has 0 aromatic heterocycles. The Balaban J connectivity index is 2.71. The Morgan fingerprint density at radius 1 is 1.24 bits per heavy atom. The van der Waals surface area contributed by atoms with E-state index in [0.29, 0.717) is 0 Å². The molecule has 0 saturated carbocycles. The van der Waals surface area contributed by atoms with E-state index in [2.05, 4.69) is 24.4 Å². The first kappa shape index (κ1) is 14.0. The van der Waals surface area contributed by atoms with Crippen molar-refractivity contribution in [2.24, 2.45) is 0 Å². The second kappa shape index (κ2) is 7.28. The molecule has 17 heavy (non-hydrogen) atoms. The molecule has 2 nitrogen and oxygen atoms in total. The minimum atomic E-state index is -0.446. The zero-order valence-corrected chi connectivity index (χ0v) is 11.0.